The van der Waals surface area contributed by atoms with Crippen LogP contribution in [-0.2, 0) is 19.6 Å². The van der Waals surface area contributed by atoms with E-state index in [1.54, 1.807) is 0 Å². The predicted molar refractivity (Wildman–Crippen MR) is 66.2 cm³/mol. The van der Waals surface area contributed by atoms with Crippen molar-refractivity contribution < 1.29 is 5.11 Å². The van der Waals surface area contributed by atoms with Gasteiger partial charge in [-0.25, -0.2) is 0 Å². The summed E-state index contributed by atoms with van der Waals surface area (Å²) in [5.41, 5.74) is 3.89. The van der Waals surface area contributed by atoms with Gasteiger partial charge in [-0.05, 0) is 49.9 Å². The predicted octanol–water partition coefficient (Wildman–Crippen LogP) is 2.34. The van der Waals surface area contributed by atoms with Crippen LogP contribution in [0.15, 0.2) is 18.2 Å². The number of benzene rings is 1. The lowest BCUT2D eigenvalue weighted by atomic mass is 10.0. The number of aliphatic hydroxyl groups is 1. The molecule has 88 valence electrons. The van der Waals surface area contributed by atoms with E-state index in [1.807, 2.05) is 6.07 Å². The molecule has 2 nitrogen and oxygen atoms in total. The quantitative estimate of drug-likeness (QED) is 0.825. The van der Waals surface area contributed by atoms with Gasteiger partial charge in [0.25, 0.3) is 0 Å². The van der Waals surface area contributed by atoms with Crippen molar-refractivity contribution in [3.63, 3.8) is 0 Å². The van der Waals surface area contributed by atoms with Crippen LogP contribution in [0.2, 0.25) is 0 Å². The number of aryl methyl sites for hydroxylation is 1. The first-order valence-electron chi connectivity index (χ1n) is 6.16. The van der Waals surface area contributed by atoms with Crippen molar-refractivity contribution in [2.45, 2.75) is 45.9 Å². The zero-order valence-electron chi connectivity index (χ0n) is 10.2. The molecular formula is C14H21NO. The Balaban J connectivity index is 2.26. The SMILES string of the molecule is CC(C)N1CCCc2ccc(CO)cc2C1. The third-order valence-electron chi connectivity index (χ3n) is 3.45. The van der Waals surface area contributed by atoms with E-state index in [4.69, 9.17) is 0 Å². The van der Waals surface area contributed by atoms with Crippen molar-refractivity contribution in [1.29, 1.82) is 0 Å². The molecule has 0 unspecified atom stereocenters. The van der Waals surface area contributed by atoms with E-state index in [2.05, 4.69) is 30.9 Å². The highest BCUT2D eigenvalue weighted by Crippen LogP contribution is 2.21. The molecule has 1 aliphatic heterocycles. The number of hydrogen-bond acceptors (Lipinski definition) is 2. The lowest BCUT2D eigenvalue weighted by Gasteiger charge is -2.24. The fourth-order valence-corrected chi connectivity index (χ4v) is 2.38. The molecule has 2 heteroatoms. The van der Waals surface area contributed by atoms with Gasteiger partial charge in [-0.3, -0.25) is 4.90 Å². The molecule has 0 amide bonds. The smallest absolute Gasteiger partial charge is 0.0681 e. The molecule has 0 aliphatic carbocycles. The second kappa shape index (κ2) is 4.98. The highest BCUT2D eigenvalue weighted by Gasteiger charge is 2.16. The largest absolute Gasteiger partial charge is 0.392 e. The lowest BCUT2D eigenvalue weighted by Crippen LogP contribution is -2.30. The Kier molecular flexibility index (Phi) is 3.62. The second-order valence-corrected chi connectivity index (χ2v) is 4.93. The van der Waals surface area contributed by atoms with Crippen molar-refractivity contribution in [3.8, 4) is 0 Å². The molecule has 1 aromatic rings. The standard InChI is InChI=1S/C14H21NO/c1-11(2)15-7-3-4-13-6-5-12(10-16)8-14(13)9-15/h5-6,8,11,16H,3-4,7,9-10H2,1-2H3. The van der Waals surface area contributed by atoms with E-state index in [9.17, 15) is 5.11 Å². The summed E-state index contributed by atoms with van der Waals surface area (Å²) in [5, 5.41) is 9.17. The van der Waals surface area contributed by atoms with Crippen LogP contribution < -0.4 is 0 Å². The molecular weight excluding hydrogens is 198 g/mol. The Bertz CT molecular complexity index is 360. The van der Waals surface area contributed by atoms with Crippen molar-refractivity contribution in [3.05, 3.63) is 34.9 Å². The van der Waals surface area contributed by atoms with E-state index in [1.165, 1.54) is 30.5 Å². The maximum absolute atomic E-state index is 9.17. The third kappa shape index (κ3) is 2.45. The first-order chi connectivity index (χ1) is 7.70. The molecule has 1 heterocycles. The Morgan fingerprint density at radius 2 is 2.12 bits per heavy atom. The fourth-order valence-electron chi connectivity index (χ4n) is 2.38. The molecule has 0 saturated carbocycles. The van der Waals surface area contributed by atoms with Gasteiger partial charge in [0.2, 0.25) is 0 Å². The molecule has 0 spiro atoms. The van der Waals surface area contributed by atoms with Crippen LogP contribution in [0.1, 0.15) is 37.0 Å². The fraction of sp³-hybridized carbons (Fsp3) is 0.571. The molecule has 0 saturated heterocycles. The number of fused-ring (bicyclic) bond motifs is 1. The number of rotatable bonds is 2. The van der Waals surface area contributed by atoms with Crippen molar-refractivity contribution in [2.24, 2.45) is 0 Å². The summed E-state index contributed by atoms with van der Waals surface area (Å²) in [6, 6.07) is 6.99. The van der Waals surface area contributed by atoms with Gasteiger partial charge >= 0.3 is 0 Å². The number of aliphatic hydroxyl groups excluding tert-OH is 1. The zero-order valence-corrected chi connectivity index (χ0v) is 10.2. The van der Waals surface area contributed by atoms with Crippen LogP contribution in [0, 0.1) is 0 Å². The van der Waals surface area contributed by atoms with Crippen molar-refractivity contribution in [2.75, 3.05) is 6.54 Å². The maximum atomic E-state index is 9.17. The monoisotopic (exact) mass is 219 g/mol. The summed E-state index contributed by atoms with van der Waals surface area (Å²) >= 11 is 0. The minimum atomic E-state index is 0.148. The molecule has 0 radical (unpaired) electrons. The molecule has 0 atom stereocenters. The minimum Gasteiger partial charge on any atom is -0.392 e. The first-order valence-corrected chi connectivity index (χ1v) is 6.16. The summed E-state index contributed by atoms with van der Waals surface area (Å²) in [5.74, 6) is 0. The Hall–Kier alpha value is -0.860. The van der Waals surface area contributed by atoms with E-state index in [-0.39, 0.29) is 6.61 Å². The summed E-state index contributed by atoms with van der Waals surface area (Å²) in [6.07, 6.45) is 2.41. The van der Waals surface area contributed by atoms with Gasteiger partial charge in [0.05, 0.1) is 6.61 Å². The number of nitrogens with zero attached hydrogens (tertiary/aromatic N) is 1. The lowest BCUT2D eigenvalue weighted by molar-refractivity contribution is 0.216. The Morgan fingerprint density at radius 1 is 1.31 bits per heavy atom. The van der Waals surface area contributed by atoms with Crippen LogP contribution in [-0.4, -0.2) is 22.6 Å². The van der Waals surface area contributed by atoms with Crippen molar-refractivity contribution >= 4 is 0 Å². The van der Waals surface area contributed by atoms with Crippen LogP contribution in [0.25, 0.3) is 0 Å². The van der Waals surface area contributed by atoms with Crippen LogP contribution in [0.3, 0.4) is 0 Å². The second-order valence-electron chi connectivity index (χ2n) is 4.93. The molecule has 0 fully saturated rings. The topological polar surface area (TPSA) is 23.5 Å². The van der Waals surface area contributed by atoms with Gasteiger partial charge in [-0.1, -0.05) is 18.2 Å². The molecule has 1 N–H and O–H groups in total. The Labute approximate surface area is 97.9 Å². The first kappa shape index (κ1) is 11.6. The van der Waals surface area contributed by atoms with Crippen LogP contribution >= 0.6 is 0 Å². The van der Waals surface area contributed by atoms with Crippen LogP contribution in [0.4, 0.5) is 0 Å². The number of hydrogen-bond donors (Lipinski definition) is 1. The van der Waals surface area contributed by atoms with Gasteiger partial charge in [0.15, 0.2) is 0 Å². The molecule has 2 rings (SSSR count). The summed E-state index contributed by atoms with van der Waals surface area (Å²) in [4.78, 5) is 2.51. The van der Waals surface area contributed by atoms with Gasteiger partial charge in [-0.15, -0.1) is 0 Å². The third-order valence-corrected chi connectivity index (χ3v) is 3.45. The minimum absolute atomic E-state index is 0.148. The molecule has 0 aromatic heterocycles. The maximum Gasteiger partial charge on any atom is 0.0681 e. The van der Waals surface area contributed by atoms with E-state index in [0.29, 0.717) is 6.04 Å². The zero-order chi connectivity index (χ0) is 11.5. The van der Waals surface area contributed by atoms with Gasteiger partial charge in [0, 0.05) is 12.6 Å². The average Bonchev–Trinajstić information content (AvgIpc) is 2.49. The molecule has 0 bridgehead atoms. The summed E-state index contributed by atoms with van der Waals surface area (Å²) < 4.78 is 0. The van der Waals surface area contributed by atoms with E-state index < -0.39 is 0 Å². The summed E-state index contributed by atoms with van der Waals surface area (Å²) in [7, 11) is 0. The normalized spacial score (nSPS) is 17.2. The summed E-state index contributed by atoms with van der Waals surface area (Å²) in [6.45, 7) is 6.86. The van der Waals surface area contributed by atoms with Gasteiger partial charge in [-0.2, -0.15) is 0 Å². The molecule has 1 aromatic carbocycles. The van der Waals surface area contributed by atoms with Gasteiger partial charge in [0.1, 0.15) is 0 Å². The van der Waals surface area contributed by atoms with E-state index >= 15 is 0 Å². The highest BCUT2D eigenvalue weighted by atomic mass is 16.3. The van der Waals surface area contributed by atoms with Crippen molar-refractivity contribution in [1.82, 2.24) is 4.90 Å². The molecule has 1 aliphatic rings. The highest BCUT2D eigenvalue weighted by molar-refractivity contribution is 5.32. The van der Waals surface area contributed by atoms with Gasteiger partial charge < -0.3 is 5.11 Å². The average molecular weight is 219 g/mol. The van der Waals surface area contributed by atoms with E-state index in [0.717, 1.165) is 12.1 Å². The van der Waals surface area contributed by atoms with Crippen LogP contribution in [0.5, 0.6) is 0 Å². The Morgan fingerprint density at radius 3 is 2.81 bits per heavy atom. The molecule has 16 heavy (non-hydrogen) atoms.